The Kier molecular flexibility index (Phi) is 2.96. The summed E-state index contributed by atoms with van der Waals surface area (Å²) in [6.07, 6.45) is 0. The van der Waals surface area contributed by atoms with Gasteiger partial charge in [0.05, 0.1) is 0 Å². The van der Waals surface area contributed by atoms with Crippen LogP contribution in [0.4, 0.5) is 0 Å². The molecule has 0 radical (unpaired) electrons. The molecule has 0 saturated carbocycles. The molecule has 0 bridgehead atoms. The molecule has 1 unspecified atom stereocenters. The van der Waals surface area contributed by atoms with Crippen LogP contribution >= 0.6 is 9.24 Å². The lowest BCUT2D eigenvalue weighted by atomic mass is 9.84. The molecular weight excluding hydrogens is 162 g/mol. The second kappa shape index (κ2) is 3.62. The first-order valence-corrected chi connectivity index (χ1v) is 4.97. The van der Waals surface area contributed by atoms with E-state index in [1.54, 1.807) is 0 Å². The first-order valence-electron chi connectivity index (χ1n) is 4.39. The van der Waals surface area contributed by atoms with Gasteiger partial charge in [0.25, 0.3) is 0 Å². The number of aryl methyl sites for hydroxylation is 1. The predicted octanol–water partition coefficient (Wildman–Crippen LogP) is 0.877. The fourth-order valence-corrected chi connectivity index (χ4v) is 1.77. The van der Waals surface area contributed by atoms with Crippen LogP contribution in [0.1, 0.15) is 30.9 Å². The zero-order chi connectivity index (χ0) is 9.30. The van der Waals surface area contributed by atoms with Crippen molar-refractivity contribution in [3.05, 3.63) is 23.3 Å². The Morgan fingerprint density at radius 1 is 1.33 bits per heavy atom. The van der Waals surface area contributed by atoms with E-state index >= 15 is 0 Å². The fourth-order valence-electron chi connectivity index (χ4n) is 1.51. The number of benzene rings is 1. The molecule has 0 amide bonds. The molecule has 0 heterocycles. The average Bonchev–Trinajstić information content (AvgIpc) is 2.00. The van der Waals surface area contributed by atoms with Crippen molar-refractivity contribution in [1.29, 1.82) is 0 Å². The molecule has 1 atom stereocenters. The third-order valence-corrected chi connectivity index (χ3v) is 3.29. The van der Waals surface area contributed by atoms with Crippen LogP contribution in [0.5, 0.6) is 0 Å². The van der Waals surface area contributed by atoms with Gasteiger partial charge in [-0.15, -0.1) is 9.24 Å². The SMILES string of the molecule is Bc1c(C(C)C)ccc(C)c1P. The Morgan fingerprint density at radius 3 is 2.42 bits per heavy atom. The highest BCUT2D eigenvalue weighted by Gasteiger charge is 2.05. The second-order valence-electron chi connectivity index (χ2n) is 3.67. The monoisotopic (exact) mass is 178 g/mol. The quantitative estimate of drug-likeness (QED) is 0.442. The number of hydrogen-bond donors (Lipinski definition) is 0. The molecule has 0 aliphatic carbocycles. The van der Waals surface area contributed by atoms with Crippen LogP contribution < -0.4 is 10.8 Å². The van der Waals surface area contributed by atoms with Gasteiger partial charge >= 0.3 is 0 Å². The molecule has 2 heteroatoms. The zero-order valence-corrected chi connectivity index (χ0v) is 9.46. The van der Waals surface area contributed by atoms with Gasteiger partial charge < -0.3 is 0 Å². The van der Waals surface area contributed by atoms with E-state index in [9.17, 15) is 0 Å². The van der Waals surface area contributed by atoms with Gasteiger partial charge in [0.15, 0.2) is 0 Å². The Hall–Kier alpha value is -0.285. The van der Waals surface area contributed by atoms with E-state index in [0.29, 0.717) is 5.92 Å². The molecule has 0 spiro atoms. The molecule has 0 fully saturated rings. The maximum atomic E-state index is 2.82. The van der Waals surface area contributed by atoms with Gasteiger partial charge in [0.2, 0.25) is 0 Å². The Labute approximate surface area is 78.4 Å². The average molecular weight is 178 g/mol. The highest BCUT2D eigenvalue weighted by atomic mass is 31.0. The van der Waals surface area contributed by atoms with E-state index in [1.165, 1.54) is 21.9 Å². The highest BCUT2D eigenvalue weighted by molar-refractivity contribution is 7.28. The van der Waals surface area contributed by atoms with Crippen LogP contribution in [0.2, 0.25) is 0 Å². The maximum absolute atomic E-state index is 2.82. The molecule has 0 aliphatic rings. The molecule has 0 saturated heterocycles. The lowest BCUT2D eigenvalue weighted by Gasteiger charge is -2.13. The van der Waals surface area contributed by atoms with Crippen molar-refractivity contribution in [3.63, 3.8) is 0 Å². The third-order valence-electron chi connectivity index (χ3n) is 2.40. The van der Waals surface area contributed by atoms with Gasteiger partial charge in [0.1, 0.15) is 7.85 Å². The van der Waals surface area contributed by atoms with E-state index in [0.717, 1.165) is 0 Å². The lowest BCUT2D eigenvalue weighted by molar-refractivity contribution is 0.874. The van der Waals surface area contributed by atoms with E-state index in [4.69, 9.17) is 0 Å². The topological polar surface area (TPSA) is 0 Å². The third kappa shape index (κ3) is 1.72. The molecule has 1 aromatic carbocycles. The highest BCUT2D eigenvalue weighted by Crippen LogP contribution is 2.11. The first-order chi connectivity index (χ1) is 5.54. The number of rotatable bonds is 1. The minimum atomic E-state index is 0.630. The maximum Gasteiger partial charge on any atom is 0.140 e. The first kappa shape index (κ1) is 9.80. The largest absolute Gasteiger partial charge is 0.140 e. The van der Waals surface area contributed by atoms with Gasteiger partial charge in [0, 0.05) is 0 Å². The molecule has 0 aliphatic heterocycles. The summed E-state index contributed by atoms with van der Waals surface area (Å²) in [5.74, 6) is 0.630. The smallest absolute Gasteiger partial charge is 0.106 e. The van der Waals surface area contributed by atoms with Crippen LogP contribution in [-0.4, -0.2) is 7.85 Å². The van der Waals surface area contributed by atoms with Crippen LogP contribution in [-0.2, 0) is 0 Å². The summed E-state index contributed by atoms with van der Waals surface area (Å²) in [5, 5.41) is 1.36. The van der Waals surface area contributed by atoms with Gasteiger partial charge in [-0.25, -0.2) is 0 Å². The van der Waals surface area contributed by atoms with Crippen LogP contribution in [0.3, 0.4) is 0 Å². The molecule has 12 heavy (non-hydrogen) atoms. The van der Waals surface area contributed by atoms with Crippen molar-refractivity contribution < 1.29 is 0 Å². The molecule has 1 aromatic rings. The summed E-state index contributed by atoms with van der Waals surface area (Å²) in [5.41, 5.74) is 4.25. The summed E-state index contributed by atoms with van der Waals surface area (Å²) in [4.78, 5) is 0. The summed E-state index contributed by atoms with van der Waals surface area (Å²) in [6, 6.07) is 4.44. The van der Waals surface area contributed by atoms with E-state index in [1.807, 2.05) is 0 Å². The summed E-state index contributed by atoms with van der Waals surface area (Å²) in [6.45, 7) is 6.63. The Balaban J connectivity index is 3.27. The van der Waals surface area contributed by atoms with Gasteiger partial charge in [-0.2, -0.15) is 0 Å². The predicted molar refractivity (Wildman–Crippen MR) is 62.8 cm³/mol. The minimum absolute atomic E-state index is 0.630. The van der Waals surface area contributed by atoms with E-state index in [-0.39, 0.29) is 0 Å². The molecule has 0 nitrogen and oxygen atoms in total. The minimum Gasteiger partial charge on any atom is -0.106 e. The van der Waals surface area contributed by atoms with Crippen LogP contribution in [0, 0.1) is 6.92 Å². The lowest BCUT2D eigenvalue weighted by Crippen LogP contribution is -2.26. The Morgan fingerprint density at radius 2 is 1.92 bits per heavy atom. The Bertz CT molecular complexity index is 292. The van der Waals surface area contributed by atoms with Crippen molar-refractivity contribution in [2.75, 3.05) is 0 Å². The standard InChI is InChI=1S/C10H16BP/c1-6(2)8-5-4-7(3)10(12)9(8)11/h4-6H,11-12H2,1-3H3. The molecular formula is C10H16BP. The van der Waals surface area contributed by atoms with Crippen LogP contribution in [0.25, 0.3) is 0 Å². The second-order valence-corrected chi connectivity index (χ2v) is 4.24. The fraction of sp³-hybridized carbons (Fsp3) is 0.400. The van der Waals surface area contributed by atoms with Gasteiger partial charge in [-0.3, -0.25) is 0 Å². The molecule has 0 aromatic heterocycles. The van der Waals surface area contributed by atoms with E-state index in [2.05, 4.69) is 50.0 Å². The summed E-state index contributed by atoms with van der Waals surface area (Å²) in [7, 11) is 5.02. The van der Waals surface area contributed by atoms with Gasteiger partial charge in [-0.05, 0) is 23.7 Å². The van der Waals surface area contributed by atoms with Crippen molar-refractivity contribution in [3.8, 4) is 0 Å². The zero-order valence-electron chi connectivity index (χ0n) is 8.31. The normalized spacial score (nSPS) is 10.8. The number of hydrogen-bond acceptors (Lipinski definition) is 0. The molecule has 1 rings (SSSR count). The van der Waals surface area contributed by atoms with E-state index < -0.39 is 0 Å². The molecule has 64 valence electrons. The van der Waals surface area contributed by atoms with Gasteiger partial charge in [-0.1, -0.05) is 37.0 Å². The molecule has 0 N–H and O–H groups in total. The van der Waals surface area contributed by atoms with Crippen molar-refractivity contribution in [2.45, 2.75) is 26.7 Å². The van der Waals surface area contributed by atoms with Crippen LogP contribution in [0.15, 0.2) is 12.1 Å². The van der Waals surface area contributed by atoms with Crippen molar-refractivity contribution >= 4 is 27.9 Å². The van der Waals surface area contributed by atoms with Crippen molar-refractivity contribution in [2.24, 2.45) is 0 Å². The van der Waals surface area contributed by atoms with Crippen molar-refractivity contribution in [1.82, 2.24) is 0 Å². The summed E-state index contributed by atoms with van der Waals surface area (Å²) >= 11 is 0. The summed E-state index contributed by atoms with van der Waals surface area (Å²) < 4.78 is 0.